The van der Waals surface area contributed by atoms with Crippen molar-refractivity contribution in [3.05, 3.63) is 120 Å². The monoisotopic (exact) mass is 544 g/mol. The van der Waals surface area contributed by atoms with Gasteiger partial charge in [0, 0.05) is 13.0 Å². The molecule has 1 aliphatic heterocycles. The van der Waals surface area contributed by atoms with Crippen LogP contribution in [0, 0.1) is 5.82 Å². The maximum Gasteiger partial charge on any atom is 0.337 e. The number of benzene rings is 4. The van der Waals surface area contributed by atoms with Crippen LogP contribution >= 0.6 is 0 Å². The molecule has 1 aliphatic rings. The molecule has 7 nitrogen and oxygen atoms in total. The Morgan fingerprint density at radius 3 is 2.15 bits per heavy atom. The Morgan fingerprint density at radius 1 is 0.897 bits per heavy atom. The lowest BCUT2D eigenvalue weighted by molar-refractivity contribution is -0.122. The second-order valence-electron chi connectivity index (χ2n) is 9.09. The van der Waals surface area contributed by atoms with E-state index in [9.17, 15) is 22.4 Å². The molecule has 0 aliphatic carbocycles. The van der Waals surface area contributed by atoms with Gasteiger partial charge in [-0.25, -0.2) is 17.6 Å². The third kappa shape index (κ3) is 5.26. The van der Waals surface area contributed by atoms with E-state index in [0.29, 0.717) is 11.3 Å². The highest BCUT2D eigenvalue weighted by atomic mass is 32.2. The number of fused-ring (bicyclic) bond motifs is 1. The highest BCUT2D eigenvalue weighted by Gasteiger charge is 2.42. The van der Waals surface area contributed by atoms with Crippen LogP contribution in [-0.2, 0) is 32.5 Å². The number of amides is 1. The fraction of sp³-hybridized carbons (Fsp3) is 0.133. The molecule has 0 bridgehead atoms. The molecule has 0 aromatic heterocycles. The third-order valence-corrected chi connectivity index (χ3v) is 8.50. The highest BCUT2D eigenvalue weighted by Crippen LogP contribution is 2.37. The molecule has 0 saturated heterocycles. The van der Waals surface area contributed by atoms with Crippen molar-refractivity contribution in [2.75, 3.05) is 11.4 Å². The summed E-state index contributed by atoms with van der Waals surface area (Å²) in [6, 6.07) is 24.9. The van der Waals surface area contributed by atoms with Gasteiger partial charge in [-0.2, -0.15) is 0 Å². The molecule has 39 heavy (non-hydrogen) atoms. The third-order valence-electron chi connectivity index (χ3n) is 6.66. The van der Waals surface area contributed by atoms with Crippen molar-refractivity contribution in [2.24, 2.45) is 0 Å². The number of nitrogens with one attached hydrogen (secondary N) is 1. The van der Waals surface area contributed by atoms with E-state index in [-0.39, 0.29) is 23.7 Å². The topological polar surface area (TPSA) is 92.8 Å². The number of para-hydroxylation sites is 1. The molecule has 1 heterocycles. The Hall–Kier alpha value is -4.50. The van der Waals surface area contributed by atoms with Gasteiger partial charge >= 0.3 is 5.97 Å². The minimum absolute atomic E-state index is 0.0428. The molecule has 5 rings (SSSR count). The van der Waals surface area contributed by atoms with Gasteiger partial charge in [0.2, 0.25) is 5.91 Å². The van der Waals surface area contributed by atoms with Crippen molar-refractivity contribution in [2.45, 2.75) is 23.9 Å². The Balaban J connectivity index is 1.38. The van der Waals surface area contributed by atoms with Gasteiger partial charge in [-0.05, 0) is 64.7 Å². The van der Waals surface area contributed by atoms with E-state index in [1.54, 1.807) is 60.7 Å². The molecule has 0 unspecified atom stereocenters. The van der Waals surface area contributed by atoms with Gasteiger partial charge in [-0.1, -0.05) is 54.6 Å². The Bertz CT molecular complexity index is 1620. The van der Waals surface area contributed by atoms with Gasteiger partial charge in [0.25, 0.3) is 10.0 Å². The fourth-order valence-electron chi connectivity index (χ4n) is 4.61. The second-order valence-corrected chi connectivity index (χ2v) is 10.9. The van der Waals surface area contributed by atoms with Gasteiger partial charge < -0.3 is 10.1 Å². The molecule has 1 amide bonds. The van der Waals surface area contributed by atoms with Crippen LogP contribution in [0.5, 0.6) is 0 Å². The Labute approximate surface area is 225 Å². The molecule has 0 spiro atoms. The summed E-state index contributed by atoms with van der Waals surface area (Å²) in [6.45, 7) is 0.160. The zero-order valence-corrected chi connectivity index (χ0v) is 21.8. The van der Waals surface area contributed by atoms with E-state index >= 15 is 0 Å². The summed E-state index contributed by atoms with van der Waals surface area (Å²) in [6.07, 6.45) is 0.232. The van der Waals surface area contributed by atoms with Crippen molar-refractivity contribution in [3.8, 4) is 11.1 Å². The molecule has 1 N–H and O–H groups in total. The number of anilines is 1. The molecule has 4 aromatic rings. The predicted octanol–water partition coefficient (Wildman–Crippen LogP) is 4.72. The first-order valence-corrected chi connectivity index (χ1v) is 13.7. The Morgan fingerprint density at radius 2 is 1.51 bits per heavy atom. The average molecular weight is 545 g/mol. The number of hydrogen-bond donors (Lipinski definition) is 1. The van der Waals surface area contributed by atoms with Crippen molar-refractivity contribution in [1.29, 1.82) is 0 Å². The molecule has 1 atom stereocenters. The van der Waals surface area contributed by atoms with E-state index in [2.05, 4.69) is 5.32 Å². The summed E-state index contributed by atoms with van der Waals surface area (Å²) in [5, 5.41) is 2.84. The van der Waals surface area contributed by atoms with Gasteiger partial charge in [0.1, 0.15) is 11.9 Å². The second kappa shape index (κ2) is 10.7. The molecule has 9 heteroatoms. The number of nitrogens with zero attached hydrogens (tertiary/aromatic N) is 1. The minimum Gasteiger partial charge on any atom is -0.465 e. The highest BCUT2D eigenvalue weighted by molar-refractivity contribution is 7.93. The minimum atomic E-state index is -4.09. The standard InChI is InChI=1S/C30H25FN2O5S/c1-38-30(35)23-8-6-20(7-9-23)19-32-29(34)28-18-24-4-2-3-5-27(24)33(28)39(36,37)26-16-12-22(13-17-26)21-10-14-25(31)15-11-21/h2-17,28H,18-19H2,1H3,(H,32,34)/t28-/m0/s1. The number of carbonyl (C=O) groups excluding carboxylic acids is 2. The Kier molecular flexibility index (Phi) is 7.17. The van der Waals surface area contributed by atoms with Crippen LogP contribution in [0.15, 0.2) is 102 Å². The zero-order chi connectivity index (χ0) is 27.6. The SMILES string of the molecule is COC(=O)c1ccc(CNC(=O)[C@@H]2Cc3ccccc3N2S(=O)(=O)c2ccc(-c3ccc(F)cc3)cc2)cc1. The normalized spacial score (nSPS) is 14.5. The van der Waals surface area contributed by atoms with Crippen LogP contribution in [0.25, 0.3) is 11.1 Å². The number of sulfonamides is 1. The van der Waals surface area contributed by atoms with Crippen molar-refractivity contribution in [1.82, 2.24) is 5.32 Å². The van der Waals surface area contributed by atoms with Crippen LogP contribution in [0.2, 0.25) is 0 Å². The molecular formula is C30H25FN2O5S. The van der Waals surface area contributed by atoms with Crippen molar-refractivity contribution in [3.63, 3.8) is 0 Å². The van der Waals surface area contributed by atoms with Gasteiger partial charge in [-0.15, -0.1) is 0 Å². The molecule has 0 radical (unpaired) electrons. The summed E-state index contributed by atoms with van der Waals surface area (Å²) in [5.74, 6) is -1.25. The van der Waals surface area contributed by atoms with Gasteiger partial charge in [0.05, 0.1) is 23.3 Å². The number of esters is 1. The fourth-order valence-corrected chi connectivity index (χ4v) is 6.26. The smallest absolute Gasteiger partial charge is 0.337 e. The van der Waals surface area contributed by atoms with E-state index < -0.39 is 27.9 Å². The lowest BCUT2D eigenvalue weighted by Crippen LogP contribution is -2.47. The lowest BCUT2D eigenvalue weighted by Gasteiger charge is -2.26. The first-order valence-electron chi connectivity index (χ1n) is 12.2. The van der Waals surface area contributed by atoms with Crippen LogP contribution in [-0.4, -0.2) is 33.4 Å². The van der Waals surface area contributed by atoms with Crippen molar-refractivity contribution >= 4 is 27.6 Å². The zero-order valence-electron chi connectivity index (χ0n) is 21.0. The first kappa shape index (κ1) is 26.1. The maximum atomic E-state index is 13.9. The molecule has 4 aromatic carbocycles. The predicted molar refractivity (Wildman–Crippen MR) is 145 cm³/mol. The number of halogens is 1. The van der Waals surface area contributed by atoms with Crippen LogP contribution in [0.1, 0.15) is 21.5 Å². The lowest BCUT2D eigenvalue weighted by atomic mass is 10.1. The summed E-state index contributed by atoms with van der Waals surface area (Å²) in [7, 11) is -2.79. The van der Waals surface area contributed by atoms with Gasteiger partial charge in [0.15, 0.2) is 0 Å². The largest absolute Gasteiger partial charge is 0.465 e. The van der Waals surface area contributed by atoms with Crippen LogP contribution in [0.4, 0.5) is 10.1 Å². The van der Waals surface area contributed by atoms with Crippen LogP contribution in [0.3, 0.4) is 0 Å². The van der Waals surface area contributed by atoms with Crippen LogP contribution < -0.4 is 9.62 Å². The first-order chi connectivity index (χ1) is 18.8. The number of methoxy groups -OCH3 is 1. The molecule has 0 saturated carbocycles. The number of hydrogen-bond acceptors (Lipinski definition) is 5. The van der Waals surface area contributed by atoms with E-state index in [1.807, 2.05) is 12.1 Å². The summed E-state index contributed by atoms with van der Waals surface area (Å²) in [4.78, 5) is 25.0. The summed E-state index contributed by atoms with van der Waals surface area (Å²) < 4.78 is 46.9. The van der Waals surface area contributed by atoms with Crippen molar-refractivity contribution < 1.29 is 27.1 Å². The number of carbonyl (C=O) groups is 2. The van der Waals surface area contributed by atoms with Gasteiger partial charge in [-0.3, -0.25) is 9.10 Å². The molecular weight excluding hydrogens is 519 g/mol. The maximum absolute atomic E-state index is 13.9. The molecule has 0 fully saturated rings. The summed E-state index contributed by atoms with van der Waals surface area (Å²) >= 11 is 0. The molecule has 198 valence electrons. The number of rotatable bonds is 7. The average Bonchev–Trinajstić information content (AvgIpc) is 3.37. The van der Waals surface area contributed by atoms with E-state index in [1.165, 1.54) is 35.7 Å². The van der Waals surface area contributed by atoms with E-state index in [0.717, 1.165) is 22.3 Å². The quantitative estimate of drug-likeness (QED) is 0.340. The summed E-state index contributed by atoms with van der Waals surface area (Å²) in [5.41, 5.74) is 3.85. The number of ether oxygens (including phenoxy) is 1. The van der Waals surface area contributed by atoms with E-state index in [4.69, 9.17) is 4.74 Å².